The summed E-state index contributed by atoms with van der Waals surface area (Å²) in [6.07, 6.45) is 0.369. The second kappa shape index (κ2) is 14.1. The highest BCUT2D eigenvalue weighted by molar-refractivity contribution is 5.96. The van der Waals surface area contributed by atoms with E-state index < -0.39 is 12.1 Å². The third kappa shape index (κ3) is 8.21. The van der Waals surface area contributed by atoms with Gasteiger partial charge in [0.1, 0.15) is 35.5 Å². The molecule has 0 bridgehead atoms. The van der Waals surface area contributed by atoms with Gasteiger partial charge < -0.3 is 34.2 Å². The number of carboxylic acid groups (broad SMARTS) is 1. The van der Waals surface area contributed by atoms with E-state index in [2.05, 4.69) is 17.1 Å². The summed E-state index contributed by atoms with van der Waals surface area (Å²) in [5.41, 5.74) is 3.04. The Morgan fingerprint density at radius 1 is 1.02 bits per heavy atom. The first-order chi connectivity index (χ1) is 21.4. The number of amides is 1. The second-order valence-corrected chi connectivity index (χ2v) is 11.1. The largest absolute Gasteiger partial charge is 0.542 e. The van der Waals surface area contributed by atoms with Crippen LogP contribution in [0, 0.1) is 11.2 Å². The van der Waals surface area contributed by atoms with Crippen LogP contribution in [-0.2, 0) is 16.1 Å². The molecule has 2 fully saturated rings. The molecule has 2 saturated heterocycles. The average Bonchev–Trinajstić information content (AvgIpc) is 3.30. The lowest BCUT2D eigenvalue weighted by molar-refractivity contribution is -0.921. The van der Waals surface area contributed by atoms with Gasteiger partial charge in [0.25, 0.3) is 0 Å². The molecule has 1 aromatic heterocycles. The molecule has 2 N–H and O–H groups in total. The number of aliphatic carboxylic acids is 1. The summed E-state index contributed by atoms with van der Waals surface area (Å²) in [5.74, 6) is -1.79. The number of carbonyl (C=O) groups excluding carboxylic acids is 2. The molecule has 13 heteroatoms. The number of ether oxygens (including phenoxy) is 2. The number of alkyl halides is 3. The smallest absolute Gasteiger partial charge is 0.430 e. The number of aromatic nitrogens is 1. The molecule has 1 amide bonds. The molecule has 2 aliphatic heterocycles. The van der Waals surface area contributed by atoms with E-state index in [-0.39, 0.29) is 22.6 Å². The van der Waals surface area contributed by atoms with E-state index in [0.29, 0.717) is 31.9 Å². The van der Waals surface area contributed by atoms with Crippen LogP contribution < -0.4 is 29.8 Å². The fourth-order valence-electron chi connectivity index (χ4n) is 5.85. The third-order valence-corrected chi connectivity index (χ3v) is 7.98. The zero-order valence-corrected chi connectivity index (χ0v) is 25.0. The van der Waals surface area contributed by atoms with Crippen LogP contribution in [0.25, 0.3) is 11.1 Å². The molecular weight excluding hydrogens is 598 g/mol. The van der Waals surface area contributed by atoms with Crippen LogP contribution in [-0.4, -0.2) is 55.9 Å². The molecule has 0 radical (unpaired) electrons. The van der Waals surface area contributed by atoms with Crippen LogP contribution >= 0.6 is 0 Å². The maximum atomic E-state index is 13.6. The van der Waals surface area contributed by atoms with E-state index in [4.69, 9.17) is 19.4 Å². The lowest BCUT2D eigenvalue weighted by atomic mass is 9.77. The monoisotopic (exact) mass is 633 g/mol. The van der Waals surface area contributed by atoms with Crippen molar-refractivity contribution in [2.45, 2.75) is 45.8 Å². The van der Waals surface area contributed by atoms with Crippen molar-refractivity contribution in [3.05, 3.63) is 76.5 Å². The number of carboxylic acids is 1. The van der Waals surface area contributed by atoms with E-state index in [0.717, 1.165) is 60.7 Å². The van der Waals surface area contributed by atoms with Crippen molar-refractivity contribution in [1.29, 1.82) is 0 Å². The van der Waals surface area contributed by atoms with Crippen LogP contribution in [0.3, 0.4) is 0 Å². The van der Waals surface area contributed by atoms with Crippen molar-refractivity contribution in [3.63, 3.8) is 0 Å². The Kier molecular flexibility index (Phi) is 10.5. The van der Waals surface area contributed by atoms with Crippen LogP contribution in [0.1, 0.15) is 38.7 Å². The third-order valence-electron chi connectivity index (χ3n) is 7.98. The normalized spacial score (nSPS) is 19.6. The molecule has 0 aliphatic carbocycles. The minimum Gasteiger partial charge on any atom is -0.542 e. The number of aromatic amines is 1. The van der Waals surface area contributed by atoms with Crippen molar-refractivity contribution in [2.75, 3.05) is 37.7 Å². The van der Waals surface area contributed by atoms with Crippen molar-refractivity contribution in [1.82, 2.24) is 4.98 Å². The van der Waals surface area contributed by atoms with Gasteiger partial charge in [0.05, 0.1) is 31.9 Å². The zero-order valence-electron chi connectivity index (χ0n) is 25.0. The molecule has 3 aromatic rings. The van der Waals surface area contributed by atoms with Gasteiger partial charge in [-0.05, 0) is 43.7 Å². The highest BCUT2D eigenvalue weighted by Crippen LogP contribution is 2.41. The zero-order chi connectivity index (χ0) is 32.8. The number of hydrogen-bond donors (Lipinski definition) is 2. The van der Waals surface area contributed by atoms with Gasteiger partial charge in [-0.3, -0.25) is 9.59 Å². The molecule has 2 aliphatic rings. The number of H-pyrrole nitrogens is 1. The molecule has 45 heavy (non-hydrogen) atoms. The Balaban J connectivity index is 0.000000591. The van der Waals surface area contributed by atoms with E-state index in [1.165, 1.54) is 23.1 Å². The minimum atomic E-state index is -5.19. The summed E-state index contributed by atoms with van der Waals surface area (Å²) in [6, 6.07) is 12.0. The van der Waals surface area contributed by atoms with Crippen LogP contribution in [0.5, 0.6) is 11.5 Å². The van der Waals surface area contributed by atoms with Crippen LogP contribution in [0.2, 0.25) is 0 Å². The number of carbonyl (C=O) groups is 2. The van der Waals surface area contributed by atoms with Crippen molar-refractivity contribution in [2.24, 2.45) is 5.41 Å². The molecule has 5 rings (SSSR count). The first-order valence-corrected chi connectivity index (χ1v) is 14.6. The fraction of sp³-hybridized carbons (Fsp3) is 0.406. The molecule has 0 saturated carbocycles. The van der Waals surface area contributed by atoms with Gasteiger partial charge in [0.2, 0.25) is 11.3 Å². The van der Waals surface area contributed by atoms with E-state index in [1.807, 2.05) is 13.8 Å². The van der Waals surface area contributed by atoms with Gasteiger partial charge in [-0.25, -0.2) is 4.39 Å². The number of hydrogen-bond acceptors (Lipinski definition) is 6. The number of nitrogens with one attached hydrogen (secondary N) is 2. The first-order valence-electron chi connectivity index (χ1n) is 14.6. The molecule has 3 heterocycles. The quantitative estimate of drug-likeness (QED) is 0.369. The summed E-state index contributed by atoms with van der Waals surface area (Å²) in [7, 11) is 0. The summed E-state index contributed by atoms with van der Waals surface area (Å²) in [6.45, 7) is 8.23. The van der Waals surface area contributed by atoms with Crippen LogP contribution in [0.15, 0.2) is 59.7 Å². The predicted molar refractivity (Wildman–Crippen MR) is 155 cm³/mol. The Hall–Kier alpha value is -4.39. The number of halogens is 4. The number of piperidine rings is 1. The van der Waals surface area contributed by atoms with E-state index in [9.17, 15) is 27.2 Å². The highest BCUT2D eigenvalue weighted by Gasteiger charge is 2.47. The summed E-state index contributed by atoms with van der Waals surface area (Å²) >= 11 is 0. The molecule has 2 aromatic carbocycles. The number of pyridine rings is 1. The SMILES string of the molecule is CCOc1cc(C[NH+]2CCC3(CC2)CC(=O)N(c2c[nH]ccc2=O)C3)cc(OCC)c1-c1ccc(F)cc1.O=C([O-])C(F)(F)F. The van der Waals surface area contributed by atoms with Gasteiger partial charge in [-0.1, -0.05) is 12.1 Å². The first kappa shape index (κ1) is 33.5. The Bertz CT molecular complexity index is 1520. The lowest BCUT2D eigenvalue weighted by Crippen LogP contribution is -3.12. The van der Waals surface area contributed by atoms with Gasteiger partial charge >= 0.3 is 6.18 Å². The maximum Gasteiger partial charge on any atom is 0.430 e. The lowest BCUT2D eigenvalue weighted by Gasteiger charge is -2.36. The van der Waals surface area contributed by atoms with Gasteiger partial charge in [-0.2, -0.15) is 13.2 Å². The molecular formula is C32H35F4N3O6. The number of nitrogens with zero attached hydrogens (tertiary/aromatic N) is 1. The number of rotatable bonds is 8. The average molecular weight is 634 g/mol. The highest BCUT2D eigenvalue weighted by atomic mass is 19.4. The predicted octanol–water partition coefficient (Wildman–Crippen LogP) is 2.88. The van der Waals surface area contributed by atoms with Gasteiger partial charge in [-0.15, -0.1) is 0 Å². The van der Waals surface area contributed by atoms with Gasteiger partial charge in [0, 0.05) is 55.2 Å². The molecule has 0 unspecified atom stereocenters. The van der Waals surface area contributed by atoms with Crippen molar-refractivity contribution >= 4 is 17.6 Å². The molecule has 9 nitrogen and oxygen atoms in total. The summed E-state index contributed by atoms with van der Waals surface area (Å²) in [4.78, 5) is 40.0. The summed E-state index contributed by atoms with van der Waals surface area (Å²) in [5, 5.41) is 8.78. The standard InChI is InChI=1S/C30H34FN3O4.C2HF3O2/c1-3-37-26-15-21(16-27(38-4-2)29(26)22-5-7-23(31)8-6-22)19-33-13-10-30(11-14-33)17-28(36)34(20-30)24-18-32-12-9-25(24)35;3-2(4,5)1(6)7/h5-9,12,15-16,18H,3-4,10-11,13-14,17,19-20H2,1-2H3,(H,32,35);(H,6,7). The topological polar surface area (TPSA) is 116 Å². The van der Waals surface area contributed by atoms with E-state index in [1.54, 1.807) is 29.4 Å². The molecule has 0 atom stereocenters. The Morgan fingerprint density at radius 2 is 1.60 bits per heavy atom. The van der Waals surface area contributed by atoms with Gasteiger partial charge in [0.15, 0.2) is 0 Å². The van der Waals surface area contributed by atoms with E-state index >= 15 is 0 Å². The minimum absolute atomic E-state index is 0.0317. The number of quaternary nitrogens is 1. The number of anilines is 1. The molecule has 242 valence electrons. The summed E-state index contributed by atoms with van der Waals surface area (Å²) < 4.78 is 57.2. The van der Waals surface area contributed by atoms with Crippen molar-refractivity contribution in [3.8, 4) is 22.6 Å². The number of benzene rings is 2. The molecule has 1 spiro atoms. The Morgan fingerprint density at radius 3 is 2.11 bits per heavy atom. The Labute approximate surface area is 257 Å². The van der Waals surface area contributed by atoms with Crippen molar-refractivity contribution < 1.29 is 46.6 Å². The number of likely N-dealkylation sites (tertiary alicyclic amines) is 1. The second-order valence-electron chi connectivity index (χ2n) is 11.1. The maximum absolute atomic E-state index is 13.6. The fourth-order valence-corrected chi connectivity index (χ4v) is 5.85. The van der Waals surface area contributed by atoms with Crippen LogP contribution in [0.4, 0.5) is 23.2 Å².